The highest BCUT2D eigenvalue weighted by molar-refractivity contribution is 5.84. The Morgan fingerprint density at radius 1 is 1.28 bits per heavy atom. The lowest BCUT2D eigenvalue weighted by Crippen LogP contribution is -2.74. The second-order valence-electron chi connectivity index (χ2n) is 7.95. The first-order valence-corrected chi connectivity index (χ1v) is 8.61. The van der Waals surface area contributed by atoms with Crippen LogP contribution in [0.2, 0.25) is 0 Å². The Hall–Kier alpha value is -1.76. The Bertz CT molecular complexity index is 864. The van der Waals surface area contributed by atoms with Crippen LogP contribution in [0.25, 0.3) is 0 Å². The fraction of sp³-hybridized carbons (Fsp3) is 0.579. The van der Waals surface area contributed by atoms with Gasteiger partial charge in [-0.2, -0.15) is 0 Å². The van der Waals surface area contributed by atoms with Crippen molar-refractivity contribution in [3.05, 3.63) is 44.6 Å². The van der Waals surface area contributed by atoms with Crippen LogP contribution in [0.15, 0.2) is 16.9 Å². The predicted octanol–water partition coefficient (Wildman–Crippen LogP) is -0.241. The number of hydrogen-bond acceptors (Lipinski definition) is 5. The van der Waals surface area contributed by atoms with Crippen LogP contribution < -0.4 is 5.43 Å². The lowest BCUT2D eigenvalue weighted by molar-refractivity contribution is -0.301. The lowest BCUT2D eigenvalue weighted by atomic mass is 9.46. The number of rotatable bonds is 0. The second kappa shape index (κ2) is 4.69. The summed E-state index contributed by atoms with van der Waals surface area (Å²) in [6.45, 7) is 3.72. The number of aliphatic hydroxyl groups excluding tert-OH is 1. The molecule has 1 aromatic rings. The molecule has 2 aliphatic heterocycles. The van der Waals surface area contributed by atoms with E-state index in [1.54, 1.807) is 12.1 Å². The zero-order chi connectivity index (χ0) is 17.0. The molecule has 6 atom stereocenters. The molecule has 1 saturated carbocycles. The molecule has 1 aromatic carbocycles. The smallest absolute Gasteiger partial charge is 0.316 e. The Morgan fingerprint density at radius 3 is 2.72 bits per heavy atom. The number of carbonyl (C=O) groups excluding carboxylic acids is 1. The van der Waals surface area contributed by atoms with Crippen molar-refractivity contribution in [2.75, 3.05) is 0 Å². The van der Waals surface area contributed by atoms with E-state index in [-0.39, 0.29) is 22.7 Å². The molecule has 6 heteroatoms. The van der Waals surface area contributed by atoms with Crippen LogP contribution in [0.3, 0.4) is 0 Å². The predicted molar refractivity (Wildman–Crippen MR) is 88.0 cm³/mol. The Balaban J connectivity index is 0.00000157. The maximum absolute atomic E-state index is 12.8. The van der Waals surface area contributed by atoms with E-state index in [2.05, 4.69) is 0 Å². The number of aliphatic hydroxyl groups is 2. The number of fused-ring (bicyclic) bond motifs is 2. The maximum Gasteiger partial charge on any atom is 0.316 e. The molecular weight excluding hydrogens is 324 g/mol. The summed E-state index contributed by atoms with van der Waals surface area (Å²) in [6, 6.07) is 3.21. The van der Waals surface area contributed by atoms with Crippen LogP contribution >= 0.6 is 0 Å². The minimum Gasteiger partial charge on any atom is -0.459 e. The average molecular weight is 346 g/mol. The van der Waals surface area contributed by atoms with Crippen molar-refractivity contribution < 1.29 is 25.2 Å². The van der Waals surface area contributed by atoms with E-state index in [1.807, 2.05) is 13.8 Å². The minimum absolute atomic E-state index is 0. The molecule has 3 aliphatic carbocycles. The van der Waals surface area contributed by atoms with Gasteiger partial charge < -0.3 is 20.4 Å². The van der Waals surface area contributed by atoms with Gasteiger partial charge in [0.2, 0.25) is 0 Å². The zero-order valence-electron chi connectivity index (χ0n) is 14.2. The lowest BCUT2D eigenvalue weighted by Gasteiger charge is -2.63. The molecule has 2 bridgehead atoms. The molecule has 2 saturated heterocycles. The van der Waals surface area contributed by atoms with Gasteiger partial charge >= 0.3 is 5.97 Å². The van der Waals surface area contributed by atoms with Crippen molar-refractivity contribution in [3.8, 4) is 0 Å². The monoisotopic (exact) mass is 346 g/mol. The van der Waals surface area contributed by atoms with E-state index in [9.17, 15) is 19.8 Å². The third-order valence-electron chi connectivity index (χ3n) is 7.21. The van der Waals surface area contributed by atoms with Crippen LogP contribution in [-0.2, 0) is 28.0 Å². The van der Waals surface area contributed by atoms with Crippen molar-refractivity contribution in [1.82, 2.24) is 0 Å². The minimum atomic E-state index is -1.34. The summed E-state index contributed by atoms with van der Waals surface area (Å²) in [4.78, 5) is 24.9. The Labute approximate surface area is 144 Å². The van der Waals surface area contributed by atoms with E-state index < -0.39 is 29.2 Å². The van der Waals surface area contributed by atoms with Crippen LogP contribution in [-0.4, -0.2) is 33.9 Å². The first-order valence-electron chi connectivity index (χ1n) is 8.61. The largest absolute Gasteiger partial charge is 0.459 e. The van der Waals surface area contributed by atoms with Crippen molar-refractivity contribution >= 4 is 5.97 Å². The molecule has 134 valence electrons. The molecule has 25 heavy (non-hydrogen) atoms. The van der Waals surface area contributed by atoms with Gasteiger partial charge in [-0.05, 0) is 60.6 Å². The van der Waals surface area contributed by atoms with Gasteiger partial charge in [0.25, 0.3) is 0 Å². The summed E-state index contributed by atoms with van der Waals surface area (Å²) in [6.07, 6.45) is 0.0283. The third-order valence-corrected chi connectivity index (χ3v) is 7.21. The zero-order valence-corrected chi connectivity index (χ0v) is 14.2. The topological polar surface area (TPSA) is 115 Å². The summed E-state index contributed by atoms with van der Waals surface area (Å²) < 4.78 is 5.58. The summed E-state index contributed by atoms with van der Waals surface area (Å²) in [5.74, 6) is -1.11. The maximum atomic E-state index is 12.8. The fourth-order valence-corrected chi connectivity index (χ4v) is 6.11. The number of aryl methyl sites for hydroxylation is 2. The molecule has 5 aliphatic rings. The summed E-state index contributed by atoms with van der Waals surface area (Å²) in [7, 11) is 0. The first kappa shape index (κ1) is 16.7. The van der Waals surface area contributed by atoms with Crippen molar-refractivity contribution in [2.24, 2.45) is 17.3 Å². The van der Waals surface area contributed by atoms with E-state index in [1.165, 1.54) is 0 Å². The number of esters is 1. The SMILES string of the molecule is Cc1cc(=O)cc2c3c1C[C@@H]1[C@H]4OC(=O)[C@](CC2)([C@H](C)[C@H]4O)[C@]31O.O. The molecule has 3 fully saturated rings. The van der Waals surface area contributed by atoms with Crippen molar-refractivity contribution in [2.45, 2.75) is 50.9 Å². The third kappa shape index (κ3) is 1.53. The van der Waals surface area contributed by atoms with Crippen LogP contribution in [0.1, 0.15) is 35.6 Å². The van der Waals surface area contributed by atoms with Crippen LogP contribution in [0.5, 0.6) is 0 Å². The number of ether oxygens (including phenoxy) is 1. The second-order valence-corrected chi connectivity index (χ2v) is 7.95. The molecule has 0 radical (unpaired) electrons. The van der Waals surface area contributed by atoms with E-state index >= 15 is 0 Å². The molecule has 0 amide bonds. The van der Waals surface area contributed by atoms with Gasteiger partial charge in [0, 0.05) is 11.8 Å². The molecule has 2 heterocycles. The highest BCUT2D eigenvalue weighted by Gasteiger charge is 2.77. The van der Waals surface area contributed by atoms with Gasteiger partial charge in [-0.3, -0.25) is 9.59 Å². The number of carbonyl (C=O) groups is 1. The quantitative estimate of drug-likeness (QED) is 0.629. The summed E-state index contributed by atoms with van der Waals surface area (Å²) in [5, 5.41) is 22.6. The van der Waals surface area contributed by atoms with Gasteiger partial charge in [-0.1, -0.05) is 6.92 Å². The molecular formula is C19H22O6. The standard InChI is InChI=1S/C19H20O5.H2O/c1-8-5-11(20)6-10-3-4-18-9(2)15(21)16(24-17(18)22)13-7-12(8)14(10)19(13,18)23;/h5-6,9,13,15-16,21,23H,3-4,7H2,1-2H3;1H2/t9-,13-,15-,16-,18+,19-;/m1./s1. The highest BCUT2D eigenvalue weighted by atomic mass is 16.6. The molecule has 1 spiro atoms. The number of hydrogen-bond donors (Lipinski definition) is 2. The molecule has 0 aromatic heterocycles. The van der Waals surface area contributed by atoms with E-state index in [0.29, 0.717) is 19.3 Å². The first-order chi connectivity index (χ1) is 11.3. The fourth-order valence-electron chi connectivity index (χ4n) is 6.11. The van der Waals surface area contributed by atoms with Gasteiger partial charge in [0.05, 0.1) is 6.10 Å². The van der Waals surface area contributed by atoms with Gasteiger partial charge in [-0.15, -0.1) is 0 Å². The Morgan fingerprint density at radius 2 is 2.00 bits per heavy atom. The van der Waals surface area contributed by atoms with E-state index in [0.717, 1.165) is 22.3 Å². The van der Waals surface area contributed by atoms with Crippen LogP contribution in [0.4, 0.5) is 0 Å². The summed E-state index contributed by atoms with van der Waals surface area (Å²) >= 11 is 0. The normalized spacial score (nSPS) is 42.5. The average Bonchev–Trinajstić information content (AvgIpc) is 2.77. The van der Waals surface area contributed by atoms with Gasteiger partial charge in [0.1, 0.15) is 17.1 Å². The summed E-state index contributed by atoms with van der Waals surface area (Å²) in [5.41, 5.74) is 0.881. The van der Waals surface area contributed by atoms with Crippen molar-refractivity contribution in [3.63, 3.8) is 0 Å². The molecule has 0 unspecified atom stereocenters. The van der Waals surface area contributed by atoms with Crippen molar-refractivity contribution in [1.29, 1.82) is 0 Å². The molecule has 4 N–H and O–H groups in total. The Kier molecular flexibility index (Phi) is 3.13. The molecule has 6 nitrogen and oxygen atoms in total. The van der Waals surface area contributed by atoms with Gasteiger partial charge in [-0.25, -0.2) is 0 Å². The highest BCUT2D eigenvalue weighted by Crippen LogP contribution is 2.68. The van der Waals surface area contributed by atoms with Crippen LogP contribution in [0, 0.1) is 24.2 Å². The van der Waals surface area contributed by atoms with Gasteiger partial charge in [0.15, 0.2) is 5.43 Å². The van der Waals surface area contributed by atoms with E-state index in [4.69, 9.17) is 4.74 Å². The molecule has 6 rings (SSSR count).